The second-order valence-corrected chi connectivity index (χ2v) is 5.23. The average molecular weight is 297 g/mol. The Morgan fingerprint density at radius 1 is 0.950 bits per heavy atom. The number of aliphatic hydroxyl groups is 1. The smallest absolute Gasteiger partial charge is 0.123 e. The highest BCUT2D eigenvalue weighted by Gasteiger charge is 2.13. The Morgan fingerprint density at radius 2 is 1.60 bits per heavy atom. The van der Waals surface area contributed by atoms with E-state index in [0.29, 0.717) is 23.4 Å². The first kappa shape index (κ1) is 14.9. The molecule has 4 heteroatoms. The molecule has 0 radical (unpaired) electrons. The van der Waals surface area contributed by atoms with Crippen LogP contribution in [0, 0.1) is 17.6 Å². The van der Waals surface area contributed by atoms with Crippen LogP contribution in [0.1, 0.15) is 11.1 Å². The number of halogens is 3. The predicted octanol–water partition coefficient (Wildman–Crippen LogP) is 4.01. The van der Waals surface area contributed by atoms with Crippen LogP contribution in [-0.4, -0.2) is 11.7 Å². The lowest BCUT2D eigenvalue weighted by molar-refractivity contribution is 0.225. The highest BCUT2D eigenvalue weighted by molar-refractivity contribution is 6.31. The summed E-state index contributed by atoms with van der Waals surface area (Å²) in [6, 6.07) is 10.3. The van der Waals surface area contributed by atoms with Crippen LogP contribution in [0.15, 0.2) is 42.5 Å². The van der Waals surface area contributed by atoms with Gasteiger partial charge in [-0.3, -0.25) is 0 Å². The molecule has 0 fully saturated rings. The topological polar surface area (TPSA) is 20.2 Å². The minimum absolute atomic E-state index is 0.0375. The fourth-order valence-electron chi connectivity index (χ4n) is 2.17. The molecule has 106 valence electrons. The van der Waals surface area contributed by atoms with Crippen LogP contribution < -0.4 is 0 Å². The Balaban J connectivity index is 2.08. The highest BCUT2D eigenvalue weighted by atomic mass is 35.5. The molecule has 0 bridgehead atoms. The van der Waals surface area contributed by atoms with Gasteiger partial charge >= 0.3 is 0 Å². The number of hydrogen-bond donors (Lipinski definition) is 1. The van der Waals surface area contributed by atoms with E-state index >= 15 is 0 Å². The standard InChI is InChI=1S/C16H15ClF2O/c17-16-6-5-15(19)9-13(16)8-12(10-20)7-11-1-3-14(18)4-2-11/h1-6,9,12,20H,7-8,10H2. The molecule has 1 N–H and O–H groups in total. The quantitative estimate of drug-likeness (QED) is 0.884. The Kier molecular flexibility index (Phi) is 5.10. The third-order valence-corrected chi connectivity index (χ3v) is 3.58. The molecule has 1 unspecified atom stereocenters. The van der Waals surface area contributed by atoms with E-state index in [2.05, 4.69) is 0 Å². The van der Waals surface area contributed by atoms with E-state index in [9.17, 15) is 13.9 Å². The van der Waals surface area contributed by atoms with Crippen molar-refractivity contribution in [3.05, 3.63) is 70.2 Å². The molecule has 0 aliphatic carbocycles. The van der Waals surface area contributed by atoms with Gasteiger partial charge in [0.2, 0.25) is 0 Å². The second kappa shape index (κ2) is 6.82. The summed E-state index contributed by atoms with van der Waals surface area (Å²) in [5.74, 6) is -0.717. The summed E-state index contributed by atoms with van der Waals surface area (Å²) in [5, 5.41) is 9.94. The number of hydrogen-bond acceptors (Lipinski definition) is 1. The van der Waals surface area contributed by atoms with Crippen LogP contribution in [-0.2, 0) is 12.8 Å². The molecule has 1 atom stereocenters. The number of rotatable bonds is 5. The van der Waals surface area contributed by atoms with Crippen LogP contribution in [0.3, 0.4) is 0 Å². The lowest BCUT2D eigenvalue weighted by atomic mass is 9.93. The maximum Gasteiger partial charge on any atom is 0.123 e. The van der Waals surface area contributed by atoms with E-state index in [1.165, 1.54) is 30.3 Å². The molecule has 1 nitrogen and oxygen atoms in total. The molecule has 0 aliphatic heterocycles. The summed E-state index contributed by atoms with van der Waals surface area (Å²) in [4.78, 5) is 0. The highest BCUT2D eigenvalue weighted by Crippen LogP contribution is 2.22. The fraction of sp³-hybridized carbons (Fsp3) is 0.250. The van der Waals surface area contributed by atoms with Crippen LogP contribution in [0.25, 0.3) is 0 Å². The van der Waals surface area contributed by atoms with Gasteiger partial charge in [-0.15, -0.1) is 0 Å². The summed E-state index contributed by atoms with van der Waals surface area (Å²) in [7, 11) is 0. The molecule has 2 aromatic rings. The van der Waals surface area contributed by atoms with E-state index in [0.717, 1.165) is 5.56 Å². The average Bonchev–Trinajstić information content (AvgIpc) is 2.44. The van der Waals surface area contributed by atoms with Crippen molar-refractivity contribution in [2.45, 2.75) is 12.8 Å². The van der Waals surface area contributed by atoms with E-state index in [4.69, 9.17) is 11.6 Å². The van der Waals surface area contributed by atoms with Crippen molar-refractivity contribution in [1.29, 1.82) is 0 Å². The first-order chi connectivity index (χ1) is 9.58. The minimum Gasteiger partial charge on any atom is -0.396 e. The lowest BCUT2D eigenvalue weighted by Gasteiger charge is -2.15. The van der Waals surface area contributed by atoms with Crippen LogP contribution >= 0.6 is 11.6 Å². The normalized spacial score (nSPS) is 12.4. The van der Waals surface area contributed by atoms with Gasteiger partial charge < -0.3 is 5.11 Å². The molecular formula is C16H15ClF2O. The molecule has 0 spiro atoms. The first-order valence-electron chi connectivity index (χ1n) is 6.37. The SMILES string of the molecule is OCC(Cc1ccc(F)cc1)Cc1cc(F)ccc1Cl. The molecule has 20 heavy (non-hydrogen) atoms. The van der Waals surface area contributed by atoms with Crippen LogP contribution in [0.5, 0.6) is 0 Å². The second-order valence-electron chi connectivity index (χ2n) is 4.82. The Morgan fingerprint density at radius 3 is 2.25 bits per heavy atom. The zero-order valence-electron chi connectivity index (χ0n) is 10.8. The van der Waals surface area contributed by atoms with Gasteiger partial charge in [0.25, 0.3) is 0 Å². The monoisotopic (exact) mass is 296 g/mol. The molecule has 0 saturated heterocycles. The third kappa shape index (κ3) is 4.02. The van der Waals surface area contributed by atoms with Crippen LogP contribution in [0.4, 0.5) is 8.78 Å². The van der Waals surface area contributed by atoms with Gasteiger partial charge in [-0.05, 0) is 60.2 Å². The van der Waals surface area contributed by atoms with E-state index in [1.54, 1.807) is 12.1 Å². The molecule has 0 aromatic heterocycles. The van der Waals surface area contributed by atoms with Crippen molar-refractivity contribution in [3.63, 3.8) is 0 Å². The fourth-order valence-corrected chi connectivity index (χ4v) is 2.36. The predicted molar refractivity (Wildman–Crippen MR) is 75.8 cm³/mol. The van der Waals surface area contributed by atoms with Crippen molar-refractivity contribution in [3.8, 4) is 0 Å². The first-order valence-corrected chi connectivity index (χ1v) is 6.75. The van der Waals surface area contributed by atoms with Crippen molar-refractivity contribution in [2.75, 3.05) is 6.61 Å². The Labute approximate surface area is 121 Å². The molecule has 0 saturated carbocycles. The van der Waals surface area contributed by atoms with Gasteiger partial charge in [0.15, 0.2) is 0 Å². The summed E-state index contributed by atoms with van der Waals surface area (Å²) in [6.45, 7) is -0.0375. The zero-order valence-corrected chi connectivity index (χ0v) is 11.6. The van der Waals surface area contributed by atoms with Gasteiger partial charge in [-0.2, -0.15) is 0 Å². The molecule has 0 heterocycles. The van der Waals surface area contributed by atoms with Gasteiger partial charge in [0.1, 0.15) is 11.6 Å². The Hall–Kier alpha value is -1.45. The number of benzene rings is 2. The molecule has 2 rings (SSSR count). The summed E-state index contributed by atoms with van der Waals surface area (Å²) < 4.78 is 26.1. The van der Waals surface area contributed by atoms with Gasteiger partial charge in [0, 0.05) is 11.6 Å². The third-order valence-electron chi connectivity index (χ3n) is 3.21. The maximum atomic E-state index is 13.2. The van der Waals surface area contributed by atoms with E-state index in [-0.39, 0.29) is 24.2 Å². The zero-order chi connectivity index (χ0) is 14.5. The number of aliphatic hydroxyl groups excluding tert-OH is 1. The van der Waals surface area contributed by atoms with Crippen molar-refractivity contribution < 1.29 is 13.9 Å². The van der Waals surface area contributed by atoms with Gasteiger partial charge in [0.05, 0.1) is 0 Å². The minimum atomic E-state index is -0.345. The van der Waals surface area contributed by atoms with Gasteiger partial charge in [-0.25, -0.2) is 8.78 Å². The van der Waals surface area contributed by atoms with Gasteiger partial charge in [-0.1, -0.05) is 23.7 Å². The largest absolute Gasteiger partial charge is 0.396 e. The lowest BCUT2D eigenvalue weighted by Crippen LogP contribution is -2.13. The Bertz CT molecular complexity index is 569. The van der Waals surface area contributed by atoms with Crippen molar-refractivity contribution in [1.82, 2.24) is 0 Å². The van der Waals surface area contributed by atoms with E-state index in [1.807, 2.05) is 0 Å². The molecule has 0 aliphatic rings. The van der Waals surface area contributed by atoms with Crippen molar-refractivity contribution in [2.24, 2.45) is 5.92 Å². The molecular weight excluding hydrogens is 282 g/mol. The summed E-state index contributed by atoms with van der Waals surface area (Å²) >= 11 is 6.02. The van der Waals surface area contributed by atoms with Crippen LogP contribution in [0.2, 0.25) is 5.02 Å². The molecule has 2 aromatic carbocycles. The molecule has 0 amide bonds. The van der Waals surface area contributed by atoms with Crippen molar-refractivity contribution >= 4 is 11.6 Å². The summed E-state index contributed by atoms with van der Waals surface area (Å²) in [5.41, 5.74) is 1.60. The summed E-state index contributed by atoms with van der Waals surface area (Å²) in [6.07, 6.45) is 1.06. The van der Waals surface area contributed by atoms with E-state index < -0.39 is 0 Å². The maximum absolute atomic E-state index is 13.2.